The van der Waals surface area contributed by atoms with Crippen LogP contribution in [0.1, 0.15) is 23.3 Å². The predicted octanol–water partition coefficient (Wildman–Crippen LogP) is 2.19. The molecule has 2 aromatic heterocycles. The largest absolute Gasteiger partial charge is 0.478 e. The smallest absolute Gasteiger partial charge is 0.335 e. The fourth-order valence-corrected chi connectivity index (χ4v) is 2.30. The van der Waals surface area contributed by atoms with E-state index in [1.165, 1.54) is 0 Å². The summed E-state index contributed by atoms with van der Waals surface area (Å²) >= 11 is 0. The summed E-state index contributed by atoms with van der Waals surface area (Å²) in [5.74, 6) is -0.929. The average molecular weight is 270 g/mol. The van der Waals surface area contributed by atoms with Gasteiger partial charge in [0, 0.05) is 18.9 Å². The van der Waals surface area contributed by atoms with E-state index in [0.717, 1.165) is 17.6 Å². The van der Waals surface area contributed by atoms with Gasteiger partial charge in [-0.25, -0.2) is 14.8 Å². The van der Waals surface area contributed by atoms with Crippen LogP contribution in [-0.2, 0) is 6.54 Å². The first kappa shape index (κ1) is 12.4. The third kappa shape index (κ3) is 2.16. The lowest BCUT2D eigenvalue weighted by Gasteiger charge is -2.15. The van der Waals surface area contributed by atoms with Crippen molar-refractivity contribution in [2.75, 3.05) is 0 Å². The summed E-state index contributed by atoms with van der Waals surface area (Å²) in [6, 6.07) is 5.12. The highest BCUT2D eigenvalue weighted by Gasteiger charge is 2.12. The minimum absolute atomic E-state index is 0.151. The van der Waals surface area contributed by atoms with Crippen molar-refractivity contribution in [3.05, 3.63) is 48.8 Å². The maximum absolute atomic E-state index is 11.1. The van der Waals surface area contributed by atoms with Crippen molar-refractivity contribution in [2.45, 2.75) is 19.5 Å². The molecule has 1 atom stereocenters. The number of carboxylic acids is 1. The van der Waals surface area contributed by atoms with Crippen LogP contribution in [0.4, 0.5) is 0 Å². The molecule has 0 fully saturated rings. The SMILES string of the molecule is CC(Cn1ccnc1)n1cnc2ccc(C(=O)O)cc21. The van der Waals surface area contributed by atoms with Crippen molar-refractivity contribution >= 4 is 17.0 Å². The predicted molar refractivity (Wildman–Crippen MR) is 73.6 cm³/mol. The molecule has 1 unspecified atom stereocenters. The normalized spacial score (nSPS) is 12.7. The van der Waals surface area contributed by atoms with Gasteiger partial charge in [-0.3, -0.25) is 0 Å². The highest BCUT2D eigenvalue weighted by Crippen LogP contribution is 2.20. The lowest BCUT2D eigenvalue weighted by molar-refractivity contribution is 0.0697. The Bertz CT molecular complexity index is 746. The Labute approximate surface area is 115 Å². The van der Waals surface area contributed by atoms with Gasteiger partial charge in [0.25, 0.3) is 0 Å². The Kier molecular flexibility index (Phi) is 2.98. The molecule has 0 aliphatic rings. The Morgan fingerprint density at radius 1 is 1.40 bits per heavy atom. The topological polar surface area (TPSA) is 72.9 Å². The molecule has 3 rings (SSSR count). The molecule has 0 bridgehead atoms. The second-order valence-electron chi connectivity index (χ2n) is 4.77. The molecule has 2 heterocycles. The first-order chi connectivity index (χ1) is 9.65. The number of fused-ring (bicyclic) bond motifs is 1. The van der Waals surface area contributed by atoms with Crippen LogP contribution in [-0.4, -0.2) is 30.2 Å². The number of aromatic nitrogens is 4. The van der Waals surface area contributed by atoms with E-state index in [2.05, 4.69) is 16.9 Å². The maximum Gasteiger partial charge on any atom is 0.335 e. The Morgan fingerprint density at radius 2 is 2.25 bits per heavy atom. The summed E-state index contributed by atoms with van der Waals surface area (Å²) in [5, 5.41) is 9.08. The molecule has 20 heavy (non-hydrogen) atoms. The lowest BCUT2D eigenvalue weighted by Crippen LogP contribution is -2.11. The highest BCUT2D eigenvalue weighted by molar-refractivity contribution is 5.92. The van der Waals surface area contributed by atoms with Gasteiger partial charge in [-0.15, -0.1) is 0 Å². The van der Waals surface area contributed by atoms with E-state index in [-0.39, 0.29) is 11.6 Å². The van der Waals surface area contributed by atoms with Gasteiger partial charge < -0.3 is 14.2 Å². The number of carbonyl (C=O) groups is 1. The van der Waals surface area contributed by atoms with Crippen LogP contribution in [0.25, 0.3) is 11.0 Å². The lowest BCUT2D eigenvalue weighted by atomic mass is 10.2. The molecule has 0 radical (unpaired) electrons. The fraction of sp³-hybridized carbons (Fsp3) is 0.214. The van der Waals surface area contributed by atoms with E-state index >= 15 is 0 Å². The zero-order chi connectivity index (χ0) is 14.1. The number of carboxylic acid groups (broad SMARTS) is 1. The Hall–Kier alpha value is -2.63. The van der Waals surface area contributed by atoms with Crippen molar-refractivity contribution in [2.24, 2.45) is 0 Å². The molecular weight excluding hydrogens is 256 g/mol. The molecule has 0 aliphatic heterocycles. The maximum atomic E-state index is 11.1. The summed E-state index contributed by atoms with van der Waals surface area (Å²) in [4.78, 5) is 19.4. The molecule has 0 aliphatic carbocycles. The molecule has 0 saturated carbocycles. The van der Waals surface area contributed by atoms with E-state index < -0.39 is 5.97 Å². The first-order valence-corrected chi connectivity index (χ1v) is 6.31. The Morgan fingerprint density at radius 3 is 2.95 bits per heavy atom. The van der Waals surface area contributed by atoms with Crippen molar-refractivity contribution in [3.63, 3.8) is 0 Å². The van der Waals surface area contributed by atoms with Gasteiger partial charge in [0.15, 0.2) is 0 Å². The van der Waals surface area contributed by atoms with E-state index in [1.807, 2.05) is 15.3 Å². The molecule has 6 heteroatoms. The number of benzene rings is 1. The third-order valence-electron chi connectivity index (χ3n) is 3.33. The summed E-state index contributed by atoms with van der Waals surface area (Å²) in [7, 11) is 0. The van der Waals surface area contributed by atoms with Gasteiger partial charge in [0.2, 0.25) is 0 Å². The minimum Gasteiger partial charge on any atom is -0.478 e. The molecule has 0 spiro atoms. The second kappa shape index (κ2) is 4.80. The van der Waals surface area contributed by atoms with E-state index in [1.54, 1.807) is 37.1 Å². The number of imidazole rings is 2. The van der Waals surface area contributed by atoms with E-state index in [0.29, 0.717) is 0 Å². The number of hydrogen-bond acceptors (Lipinski definition) is 3. The molecule has 1 N–H and O–H groups in total. The van der Waals surface area contributed by atoms with Gasteiger partial charge in [-0.2, -0.15) is 0 Å². The monoisotopic (exact) mass is 270 g/mol. The Balaban J connectivity index is 1.98. The van der Waals surface area contributed by atoms with Crippen LogP contribution in [0.2, 0.25) is 0 Å². The number of aromatic carboxylic acids is 1. The first-order valence-electron chi connectivity index (χ1n) is 6.31. The van der Waals surface area contributed by atoms with Crippen LogP contribution >= 0.6 is 0 Å². The van der Waals surface area contributed by atoms with Crippen LogP contribution in [0.15, 0.2) is 43.2 Å². The van der Waals surface area contributed by atoms with Crippen LogP contribution in [0.5, 0.6) is 0 Å². The minimum atomic E-state index is -0.929. The number of rotatable bonds is 4. The second-order valence-corrected chi connectivity index (χ2v) is 4.77. The molecule has 1 aromatic carbocycles. The fourth-order valence-electron chi connectivity index (χ4n) is 2.30. The van der Waals surface area contributed by atoms with E-state index in [4.69, 9.17) is 5.11 Å². The van der Waals surface area contributed by atoms with Crippen molar-refractivity contribution in [1.29, 1.82) is 0 Å². The van der Waals surface area contributed by atoms with Crippen LogP contribution in [0, 0.1) is 0 Å². The van der Waals surface area contributed by atoms with Crippen molar-refractivity contribution < 1.29 is 9.90 Å². The molecular formula is C14H14N4O2. The molecule has 0 saturated heterocycles. The number of nitrogens with zero attached hydrogens (tertiary/aromatic N) is 4. The van der Waals surface area contributed by atoms with Gasteiger partial charge in [-0.1, -0.05) is 0 Å². The molecule has 3 aromatic rings. The summed E-state index contributed by atoms with van der Waals surface area (Å²) in [5.41, 5.74) is 1.90. The van der Waals surface area contributed by atoms with Crippen molar-refractivity contribution in [3.8, 4) is 0 Å². The zero-order valence-corrected chi connectivity index (χ0v) is 11.0. The molecule has 102 valence electrons. The van der Waals surface area contributed by atoms with Crippen molar-refractivity contribution in [1.82, 2.24) is 19.1 Å². The third-order valence-corrected chi connectivity index (χ3v) is 3.33. The summed E-state index contributed by atoms with van der Waals surface area (Å²) in [6.07, 6.45) is 7.15. The summed E-state index contributed by atoms with van der Waals surface area (Å²) in [6.45, 7) is 2.82. The van der Waals surface area contributed by atoms with Gasteiger partial charge in [0.05, 0.1) is 35.3 Å². The van der Waals surface area contributed by atoms with Gasteiger partial charge >= 0.3 is 5.97 Å². The molecule has 0 amide bonds. The average Bonchev–Trinajstić information content (AvgIpc) is 3.06. The van der Waals surface area contributed by atoms with Gasteiger partial charge in [-0.05, 0) is 25.1 Å². The number of hydrogen-bond donors (Lipinski definition) is 1. The zero-order valence-electron chi connectivity index (χ0n) is 11.0. The van der Waals surface area contributed by atoms with E-state index in [9.17, 15) is 4.79 Å². The van der Waals surface area contributed by atoms with Gasteiger partial charge in [0.1, 0.15) is 0 Å². The molecule has 6 nitrogen and oxygen atoms in total. The highest BCUT2D eigenvalue weighted by atomic mass is 16.4. The quantitative estimate of drug-likeness (QED) is 0.788. The van der Waals surface area contributed by atoms with Crippen LogP contribution in [0.3, 0.4) is 0 Å². The summed E-state index contributed by atoms with van der Waals surface area (Å²) < 4.78 is 3.97. The van der Waals surface area contributed by atoms with Crippen LogP contribution < -0.4 is 0 Å². The standard InChI is InChI=1S/C14H14N4O2/c1-10(7-17-5-4-15-8-17)18-9-16-12-3-2-11(14(19)20)6-13(12)18/h2-6,8-10H,7H2,1H3,(H,19,20).